The minimum absolute atomic E-state index is 0.403. The molecule has 2 rings (SSSR count). The van der Waals surface area contributed by atoms with Crippen LogP contribution in [0.4, 0.5) is 0 Å². The van der Waals surface area contributed by atoms with Gasteiger partial charge in [-0.3, -0.25) is 0 Å². The summed E-state index contributed by atoms with van der Waals surface area (Å²) in [6.45, 7) is 8.61. The number of thioether (sulfide) groups is 1. The number of rotatable bonds is 10. The van der Waals surface area contributed by atoms with Gasteiger partial charge in [0.1, 0.15) is 5.75 Å². The molecule has 0 amide bonds. The van der Waals surface area contributed by atoms with Crippen molar-refractivity contribution in [3.8, 4) is 5.75 Å². The summed E-state index contributed by atoms with van der Waals surface area (Å²) >= 11 is 1.92. The van der Waals surface area contributed by atoms with Crippen molar-refractivity contribution < 1.29 is 5.11 Å². The van der Waals surface area contributed by atoms with Crippen LogP contribution in [0.1, 0.15) is 61.8 Å². The van der Waals surface area contributed by atoms with Crippen molar-refractivity contribution in [1.29, 1.82) is 0 Å². The minimum atomic E-state index is 0.403. The zero-order chi connectivity index (χ0) is 18.9. The van der Waals surface area contributed by atoms with E-state index < -0.39 is 0 Å². The fourth-order valence-corrected chi connectivity index (χ4v) is 5.96. The van der Waals surface area contributed by atoms with Crippen molar-refractivity contribution in [3.63, 3.8) is 0 Å². The summed E-state index contributed by atoms with van der Waals surface area (Å²) in [6, 6.07) is 10.9. The number of aromatic hydroxyl groups is 1. The smallest absolute Gasteiger partial charge is 0.118 e. The number of unbranched alkanes of at least 4 members (excludes halogenated alkanes) is 2. The van der Waals surface area contributed by atoms with Crippen molar-refractivity contribution >= 4 is 26.5 Å². The number of hydrogen-bond donors (Lipinski definition) is 1. The Morgan fingerprint density at radius 1 is 0.962 bits per heavy atom. The van der Waals surface area contributed by atoms with E-state index in [-0.39, 0.29) is 0 Å². The van der Waals surface area contributed by atoms with Crippen LogP contribution >= 0.6 is 11.8 Å². The second-order valence-corrected chi connectivity index (χ2v) is 9.80. The quantitative estimate of drug-likeness (QED) is 0.414. The molecule has 0 saturated carbocycles. The highest BCUT2D eigenvalue weighted by Crippen LogP contribution is 2.28. The molecular weight excluding hydrogens is 352 g/mol. The Morgan fingerprint density at radius 3 is 2.42 bits per heavy atom. The highest BCUT2D eigenvalue weighted by Gasteiger charge is 2.10. The van der Waals surface area contributed by atoms with Crippen LogP contribution < -0.4 is 5.19 Å². The molecule has 0 spiro atoms. The first-order valence-corrected chi connectivity index (χ1v) is 12.0. The SMILES string of the molecule is CCCCc1cccc([Si]CSc2cc(C)c(O)cc2C)c1CCCC. The molecule has 0 aromatic heterocycles. The largest absolute Gasteiger partial charge is 0.508 e. The van der Waals surface area contributed by atoms with E-state index in [1.165, 1.54) is 49.0 Å². The van der Waals surface area contributed by atoms with E-state index in [0.29, 0.717) is 5.75 Å². The third-order valence-corrected chi connectivity index (χ3v) is 7.59. The molecule has 2 radical (unpaired) electrons. The van der Waals surface area contributed by atoms with Gasteiger partial charge in [-0.25, -0.2) is 0 Å². The summed E-state index contributed by atoms with van der Waals surface area (Å²) in [4.78, 5) is 1.30. The average molecular weight is 385 g/mol. The summed E-state index contributed by atoms with van der Waals surface area (Å²) < 4.78 is 0. The summed E-state index contributed by atoms with van der Waals surface area (Å²) in [7, 11) is 0.832. The molecule has 3 heteroatoms. The fourth-order valence-electron chi connectivity index (χ4n) is 3.17. The van der Waals surface area contributed by atoms with Gasteiger partial charge in [-0.15, -0.1) is 11.8 Å². The molecule has 26 heavy (non-hydrogen) atoms. The maximum atomic E-state index is 9.84. The average Bonchev–Trinajstić information content (AvgIpc) is 2.63. The van der Waals surface area contributed by atoms with E-state index >= 15 is 0 Å². The van der Waals surface area contributed by atoms with Gasteiger partial charge < -0.3 is 5.11 Å². The van der Waals surface area contributed by atoms with Gasteiger partial charge in [-0.1, -0.05) is 50.1 Å². The Morgan fingerprint density at radius 2 is 1.69 bits per heavy atom. The van der Waals surface area contributed by atoms with Crippen LogP contribution in [0, 0.1) is 13.8 Å². The van der Waals surface area contributed by atoms with Gasteiger partial charge in [-0.05, 0) is 79.3 Å². The normalized spacial score (nSPS) is 11.1. The molecule has 0 aliphatic rings. The Kier molecular flexibility index (Phi) is 8.80. The fraction of sp³-hybridized carbons (Fsp3) is 0.478. The van der Waals surface area contributed by atoms with Gasteiger partial charge >= 0.3 is 0 Å². The van der Waals surface area contributed by atoms with Gasteiger partial charge in [0.2, 0.25) is 0 Å². The molecule has 0 unspecified atom stereocenters. The minimum Gasteiger partial charge on any atom is -0.508 e. The predicted molar refractivity (Wildman–Crippen MR) is 117 cm³/mol. The van der Waals surface area contributed by atoms with E-state index in [9.17, 15) is 5.11 Å². The van der Waals surface area contributed by atoms with Gasteiger partial charge in [0.15, 0.2) is 0 Å². The summed E-state index contributed by atoms with van der Waals surface area (Å²) in [6.07, 6.45) is 7.52. The molecular formula is C23H32OSSi. The third kappa shape index (κ3) is 5.92. The monoisotopic (exact) mass is 384 g/mol. The van der Waals surface area contributed by atoms with E-state index in [1.807, 2.05) is 24.8 Å². The molecule has 2 aromatic carbocycles. The standard InChI is InChI=1S/C23H32OSSi/c1-5-7-10-19-11-9-13-23(20(19)12-8-6-2)26-16-25-22-15-17(3)21(24)14-18(22)4/h9,11,13-15,24H,5-8,10,12,16H2,1-4H3. The molecule has 140 valence electrons. The van der Waals surface area contributed by atoms with Crippen LogP contribution in [0.15, 0.2) is 35.2 Å². The number of hydrogen-bond acceptors (Lipinski definition) is 2. The maximum Gasteiger partial charge on any atom is 0.118 e. The van der Waals surface area contributed by atoms with Gasteiger partial charge in [0.25, 0.3) is 0 Å². The van der Waals surface area contributed by atoms with Crippen molar-refractivity contribution in [1.82, 2.24) is 0 Å². The summed E-state index contributed by atoms with van der Waals surface area (Å²) in [5.74, 6) is 0.403. The van der Waals surface area contributed by atoms with Gasteiger partial charge in [0.05, 0.1) is 9.52 Å². The summed E-state index contributed by atoms with van der Waals surface area (Å²) in [5.41, 5.74) is 5.34. The number of aryl methyl sites for hydroxylation is 3. The third-order valence-electron chi connectivity index (χ3n) is 4.84. The first-order chi connectivity index (χ1) is 12.6. The second kappa shape index (κ2) is 10.8. The van der Waals surface area contributed by atoms with Gasteiger partial charge in [0, 0.05) is 4.90 Å². The molecule has 1 N–H and O–H groups in total. The molecule has 0 heterocycles. The maximum absolute atomic E-state index is 9.84. The molecule has 0 fully saturated rings. The van der Waals surface area contributed by atoms with Crippen LogP contribution in [0.2, 0.25) is 0 Å². The molecule has 0 aliphatic heterocycles. The topological polar surface area (TPSA) is 20.2 Å². The Bertz CT molecular complexity index is 712. The van der Waals surface area contributed by atoms with Crippen molar-refractivity contribution in [2.45, 2.75) is 71.1 Å². The number of phenolic OH excluding ortho intramolecular Hbond substituents is 1. The molecule has 2 aromatic rings. The molecule has 0 bridgehead atoms. The number of phenols is 1. The predicted octanol–water partition coefficient (Wildman–Crippen LogP) is 5.77. The van der Waals surface area contributed by atoms with E-state index in [2.05, 4.69) is 45.0 Å². The van der Waals surface area contributed by atoms with Gasteiger partial charge in [-0.2, -0.15) is 0 Å². The molecule has 1 nitrogen and oxygen atoms in total. The summed E-state index contributed by atoms with van der Waals surface area (Å²) in [5, 5.41) is 12.5. The lowest BCUT2D eigenvalue weighted by Crippen LogP contribution is -2.23. The highest BCUT2D eigenvalue weighted by atomic mass is 32.2. The van der Waals surface area contributed by atoms with Crippen LogP contribution in [-0.2, 0) is 12.8 Å². The lowest BCUT2D eigenvalue weighted by molar-refractivity contribution is 0.470. The Labute approximate surface area is 166 Å². The molecule has 0 saturated heterocycles. The van der Waals surface area contributed by atoms with Crippen molar-refractivity contribution in [3.05, 3.63) is 52.6 Å². The highest BCUT2D eigenvalue weighted by molar-refractivity contribution is 8.00. The molecule has 0 atom stereocenters. The van der Waals surface area contributed by atoms with E-state index in [4.69, 9.17) is 0 Å². The van der Waals surface area contributed by atoms with Crippen LogP contribution in [0.25, 0.3) is 0 Å². The number of benzene rings is 2. The second-order valence-electron chi connectivity index (χ2n) is 7.02. The lowest BCUT2D eigenvalue weighted by Gasteiger charge is -2.15. The van der Waals surface area contributed by atoms with E-state index in [1.54, 1.807) is 16.3 Å². The van der Waals surface area contributed by atoms with Crippen LogP contribution in [0.5, 0.6) is 5.75 Å². The van der Waals surface area contributed by atoms with Crippen molar-refractivity contribution in [2.75, 3.05) is 5.38 Å². The van der Waals surface area contributed by atoms with E-state index in [0.717, 1.165) is 20.5 Å². The van der Waals surface area contributed by atoms with Crippen LogP contribution in [0.3, 0.4) is 0 Å². The lowest BCUT2D eigenvalue weighted by atomic mass is 9.98. The first-order valence-electron chi connectivity index (χ1n) is 9.84. The Balaban J connectivity index is 2.09. The van der Waals surface area contributed by atoms with Crippen molar-refractivity contribution in [2.24, 2.45) is 0 Å². The van der Waals surface area contributed by atoms with Crippen LogP contribution in [-0.4, -0.2) is 20.0 Å². The molecule has 0 aliphatic carbocycles. The first kappa shape index (κ1) is 21.1. The zero-order valence-electron chi connectivity index (χ0n) is 16.7. The Hall–Kier alpha value is -1.19. The zero-order valence-corrected chi connectivity index (χ0v) is 18.5.